The molecule has 8 heteroatoms. The maximum atomic E-state index is 13.0. The Labute approximate surface area is 188 Å². The van der Waals surface area contributed by atoms with Gasteiger partial charge < -0.3 is 14.5 Å². The van der Waals surface area contributed by atoms with Crippen molar-refractivity contribution >= 4 is 32.6 Å². The second kappa shape index (κ2) is 9.05. The van der Waals surface area contributed by atoms with E-state index in [1.54, 1.807) is 18.4 Å². The summed E-state index contributed by atoms with van der Waals surface area (Å²) in [4.78, 5) is 12.8. The molecular weight excluding hydrogens is 428 g/mol. The van der Waals surface area contributed by atoms with E-state index >= 15 is 0 Å². The van der Waals surface area contributed by atoms with Crippen LogP contribution >= 0.6 is 0 Å². The number of sulfonamides is 1. The predicted molar refractivity (Wildman–Crippen MR) is 123 cm³/mol. The van der Waals surface area contributed by atoms with E-state index < -0.39 is 10.0 Å². The Morgan fingerprint density at radius 1 is 1.09 bits per heavy atom. The summed E-state index contributed by atoms with van der Waals surface area (Å²) in [5.74, 6) is -0.193. The molecule has 2 aromatic carbocycles. The third-order valence-corrected chi connectivity index (χ3v) is 7.49. The van der Waals surface area contributed by atoms with Crippen molar-refractivity contribution in [1.82, 2.24) is 4.31 Å². The summed E-state index contributed by atoms with van der Waals surface area (Å²) >= 11 is 0. The molecular formula is C24H28N2O5S. The van der Waals surface area contributed by atoms with Crippen LogP contribution in [0.25, 0.3) is 11.0 Å². The molecule has 0 saturated carbocycles. The molecule has 0 radical (unpaired) electrons. The predicted octanol–water partition coefficient (Wildman–Crippen LogP) is 3.97. The molecule has 1 aromatic heterocycles. The molecule has 1 aliphatic heterocycles. The molecule has 0 bridgehead atoms. The summed E-state index contributed by atoms with van der Waals surface area (Å²) in [5, 5.41) is 3.78. The third kappa shape index (κ3) is 4.72. The second-order valence-corrected chi connectivity index (χ2v) is 10.2. The zero-order chi connectivity index (χ0) is 22.9. The first-order valence-corrected chi connectivity index (χ1v) is 12.2. The van der Waals surface area contributed by atoms with Gasteiger partial charge in [-0.05, 0) is 62.2 Å². The molecule has 0 spiro atoms. The van der Waals surface area contributed by atoms with E-state index in [2.05, 4.69) is 18.3 Å². The Bertz CT molecular complexity index is 1210. The highest BCUT2D eigenvalue weighted by Gasteiger charge is 2.32. The van der Waals surface area contributed by atoms with E-state index in [1.807, 2.05) is 26.0 Å². The Kier molecular flexibility index (Phi) is 6.37. The normalized spacial score (nSPS) is 19.8. The van der Waals surface area contributed by atoms with Gasteiger partial charge >= 0.3 is 0 Å². The van der Waals surface area contributed by atoms with Gasteiger partial charge in [0.15, 0.2) is 0 Å². The van der Waals surface area contributed by atoms with Gasteiger partial charge in [0.05, 0.1) is 29.8 Å². The number of carbonyl (C=O) groups is 1. The number of anilines is 1. The van der Waals surface area contributed by atoms with Crippen LogP contribution in [0.4, 0.5) is 5.69 Å². The number of fused-ring (bicyclic) bond motifs is 1. The van der Waals surface area contributed by atoms with Gasteiger partial charge in [0, 0.05) is 29.7 Å². The summed E-state index contributed by atoms with van der Waals surface area (Å²) in [6, 6.07) is 12.3. The number of nitrogens with zero attached hydrogens (tertiary/aromatic N) is 1. The van der Waals surface area contributed by atoms with Crippen LogP contribution in [-0.2, 0) is 32.4 Å². The number of benzene rings is 2. The highest BCUT2D eigenvalue weighted by atomic mass is 32.2. The number of rotatable bonds is 6. The monoisotopic (exact) mass is 456 g/mol. The number of morpholine rings is 1. The van der Waals surface area contributed by atoms with Crippen molar-refractivity contribution in [3.05, 3.63) is 59.9 Å². The van der Waals surface area contributed by atoms with Gasteiger partial charge in [-0.15, -0.1) is 0 Å². The van der Waals surface area contributed by atoms with Gasteiger partial charge in [-0.25, -0.2) is 8.42 Å². The van der Waals surface area contributed by atoms with E-state index in [1.165, 1.54) is 22.0 Å². The molecule has 1 N–H and O–H groups in total. The van der Waals surface area contributed by atoms with E-state index in [4.69, 9.17) is 9.15 Å². The summed E-state index contributed by atoms with van der Waals surface area (Å²) in [6.07, 6.45) is 2.39. The zero-order valence-electron chi connectivity index (χ0n) is 18.5. The Morgan fingerprint density at radius 3 is 2.44 bits per heavy atom. The standard InChI is InChI=1S/C24H28N2O5S/c1-4-18-5-10-23-22(11-18)19(15-30-23)12-24(27)25-20-6-8-21(9-7-20)32(28,29)26-13-16(2)31-17(3)14-26/h5-11,15-17H,4,12-14H2,1-3H3,(H,25,27). The number of amides is 1. The number of hydrogen-bond donors (Lipinski definition) is 1. The number of aryl methyl sites for hydroxylation is 1. The fourth-order valence-corrected chi connectivity index (χ4v) is 5.64. The highest BCUT2D eigenvalue weighted by Crippen LogP contribution is 2.25. The summed E-state index contributed by atoms with van der Waals surface area (Å²) in [6.45, 7) is 6.46. The topological polar surface area (TPSA) is 88.8 Å². The fourth-order valence-electron chi connectivity index (χ4n) is 4.05. The lowest BCUT2D eigenvalue weighted by Gasteiger charge is -2.34. The number of nitrogens with one attached hydrogen (secondary N) is 1. The molecule has 1 amide bonds. The van der Waals surface area contributed by atoms with Gasteiger partial charge in [-0.3, -0.25) is 4.79 Å². The number of ether oxygens (including phenoxy) is 1. The summed E-state index contributed by atoms with van der Waals surface area (Å²) < 4.78 is 38.6. The lowest BCUT2D eigenvalue weighted by molar-refractivity contribution is -0.115. The van der Waals surface area contributed by atoms with E-state index in [0.29, 0.717) is 18.8 Å². The largest absolute Gasteiger partial charge is 0.464 e. The second-order valence-electron chi connectivity index (χ2n) is 8.27. The van der Waals surface area contributed by atoms with Crippen LogP contribution in [0.15, 0.2) is 58.0 Å². The molecule has 0 aliphatic carbocycles. The van der Waals surface area contributed by atoms with Crippen molar-refractivity contribution in [3.63, 3.8) is 0 Å². The smallest absolute Gasteiger partial charge is 0.243 e. The first-order valence-electron chi connectivity index (χ1n) is 10.8. The molecule has 2 atom stereocenters. The van der Waals surface area contributed by atoms with Gasteiger partial charge in [0.2, 0.25) is 15.9 Å². The van der Waals surface area contributed by atoms with E-state index in [-0.39, 0.29) is 29.4 Å². The van der Waals surface area contributed by atoms with Crippen molar-refractivity contribution < 1.29 is 22.4 Å². The van der Waals surface area contributed by atoms with Crippen LogP contribution in [0.3, 0.4) is 0 Å². The Morgan fingerprint density at radius 2 is 1.78 bits per heavy atom. The van der Waals surface area contributed by atoms with Gasteiger partial charge in [0.1, 0.15) is 5.58 Å². The van der Waals surface area contributed by atoms with Gasteiger partial charge in [-0.1, -0.05) is 13.0 Å². The summed E-state index contributed by atoms with van der Waals surface area (Å²) in [7, 11) is -3.62. The van der Waals surface area contributed by atoms with Crippen molar-refractivity contribution in [2.24, 2.45) is 0 Å². The summed E-state index contributed by atoms with van der Waals surface area (Å²) in [5.41, 5.74) is 3.30. The van der Waals surface area contributed by atoms with E-state index in [9.17, 15) is 13.2 Å². The lowest BCUT2D eigenvalue weighted by atomic mass is 10.1. The first-order chi connectivity index (χ1) is 15.3. The molecule has 170 valence electrons. The number of carbonyl (C=O) groups excluding carboxylic acids is 1. The molecule has 2 heterocycles. The van der Waals surface area contributed by atoms with Crippen LogP contribution in [-0.4, -0.2) is 43.9 Å². The minimum Gasteiger partial charge on any atom is -0.464 e. The zero-order valence-corrected chi connectivity index (χ0v) is 19.3. The van der Waals surface area contributed by atoms with Gasteiger partial charge in [-0.2, -0.15) is 4.31 Å². The number of hydrogen-bond acceptors (Lipinski definition) is 5. The van der Waals surface area contributed by atoms with Crippen molar-refractivity contribution in [2.45, 2.75) is 50.7 Å². The van der Waals surface area contributed by atoms with Crippen LogP contribution in [0, 0.1) is 0 Å². The Balaban J connectivity index is 1.44. The first kappa shape index (κ1) is 22.5. The van der Waals surface area contributed by atoms with Crippen molar-refractivity contribution in [1.29, 1.82) is 0 Å². The minimum atomic E-state index is -3.62. The molecule has 4 rings (SSSR count). The average Bonchev–Trinajstić information content (AvgIpc) is 3.15. The SMILES string of the molecule is CCc1ccc2occ(CC(=O)Nc3ccc(S(=O)(=O)N4CC(C)OC(C)C4)cc3)c2c1. The highest BCUT2D eigenvalue weighted by molar-refractivity contribution is 7.89. The van der Waals surface area contributed by atoms with Crippen LogP contribution in [0.1, 0.15) is 31.9 Å². The lowest BCUT2D eigenvalue weighted by Crippen LogP contribution is -2.48. The molecule has 1 aliphatic rings. The number of furan rings is 1. The van der Waals surface area contributed by atoms with Gasteiger partial charge in [0.25, 0.3) is 0 Å². The molecule has 32 heavy (non-hydrogen) atoms. The Hall–Kier alpha value is -2.68. The molecule has 2 unspecified atom stereocenters. The molecule has 7 nitrogen and oxygen atoms in total. The van der Waals surface area contributed by atoms with Crippen molar-refractivity contribution in [3.8, 4) is 0 Å². The molecule has 3 aromatic rings. The third-order valence-electron chi connectivity index (χ3n) is 5.64. The van der Waals surface area contributed by atoms with Crippen LogP contribution in [0.5, 0.6) is 0 Å². The molecule has 1 saturated heterocycles. The quantitative estimate of drug-likeness (QED) is 0.606. The fraction of sp³-hybridized carbons (Fsp3) is 0.375. The molecule has 1 fully saturated rings. The van der Waals surface area contributed by atoms with E-state index in [0.717, 1.165) is 23.0 Å². The van der Waals surface area contributed by atoms with Crippen LogP contribution < -0.4 is 5.32 Å². The maximum absolute atomic E-state index is 13.0. The average molecular weight is 457 g/mol. The minimum absolute atomic E-state index is 0.153. The maximum Gasteiger partial charge on any atom is 0.243 e. The van der Waals surface area contributed by atoms with Crippen LogP contribution in [0.2, 0.25) is 0 Å². The van der Waals surface area contributed by atoms with Crippen molar-refractivity contribution in [2.75, 3.05) is 18.4 Å².